The minimum atomic E-state index is -1.09. The molecule has 1 heterocycles. The molecular formula is C28H30N2O5. The number of fused-ring (bicyclic) bond motifs is 5. The van der Waals surface area contributed by atoms with Crippen LogP contribution >= 0.6 is 0 Å². The van der Waals surface area contributed by atoms with Gasteiger partial charge in [0.1, 0.15) is 6.04 Å². The number of aryl methyl sites for hydroxylation is 2. The molecule has 2 aromatic rings. The highest BCUT2D eigenvalue weighted by molar-refractivity contribution is 6.08. The van der Waals surface area contributed by atoms with Crippen LogP contribution in [0.5, 0.6) is 0 Å². The number of ether oxygens (including phenoxy) is 1. The zero-order valence-corrected chi connectivity index (χ0v) is 20.0. The van der Waals surface area contributed by atoms with E-state index >= 15 is 0 Å². The number of anilines is 1. The van der Waals surface area contributed by atoms with E-state index in [4.69, 9.17) is 4.74 Å². The summed E-state index contributed by atoms with van der Waals surface area (Å²) in [5.74, 6) is -1.92. The summed E-state index contributed by atoms with van der Waals surface area (Å²) in [6.07, 6.45) is 3.01. The lowest BCUT2D eigenvalue weighted by molar-refractivity contribution is -0.160. The van der Waals surface area contributed by atoms with Crippen molar-refractivity contribution in [3.8, 4) is 0 Å². The summed E-state index contributed by atoms with van der Waals surface area (Å²) in [5.41, 5.74) is 3.57. The summed E-state index contributed by atoms with van der Waals surface area (Å²) in [6, 6.07) is 13.7. The number of hydrogen-bond acceptors (Lipinski definition) is 5. The van der Waals surface area contributed by atoms with Crippen molar-refractivity contribution in [1.29, 1.82) is 0 Å². The number of rotatable bonds is 7. The molecule has 2 saturated carbocycles. The SMILES string of the molecule is Cc1ccc(NC(=O)COC(=O)[C@@H](Cc2ccccc2)N2C(=O)[C@@H]3[C@H]4CC[C@@H](C4)[C@@H]3C2=O)cc1C. The second kappa shape index (κ2) is 9.29. The summed E-state index contributed by atoms with van der Waals surface area (Å²) < 4.78 is 5.37. The number of hydrogen-bond donors (Lipinski definition) is 1. The monoisotopic (exact) mass is 474 g/mol. The quantitative estimate of drug-likeness (QED) is 0.490. The molecule has 5 atom stereocenters. The second-order valence-electron chi connectivity index (χ2n) is 10.1. The van der Waals surface area contributed by atoms with Crippen molar-refractivity contribution in [2.24, 2.45) is 23.7 Å². The molecule has 2 bridgehead atoms. The van der Waals surface area contributed by atoms with Crippen molar-refractivity contribution in [3.63, 3.8) is 0 Å². The number of nitrogens with zero attached hydrogens (tertiary/aromatic N) is 1. The fraction of sp³-hybridized carbons (Fsp3) is 0.429. The lowest BCUT2D eigenvalue weighted by atomic mass is 9.81. The Morgan fingerprint density at radius 1 is 0.971 bits per heavy atom. The largest absolute Gasteiger partial charge is 0.454 e. The topological polar surface area (TPSA) is 92.8 Å². The van der Waals surface area contributed by atoms with Crippen molar-refractivity contribution < 1.29 is 23.9 Å². The molecule has 3 aliphatic rings. The molecule has 0 spiro atoms. The maximum absolute atomic E-state index is 13.4. The van der Waals surface area contributed by atoms with Gasteiger partial charge in [0.2, 0.25) is 11.8 Å². The smallest absolute Gasteiger partial charge is 0.330 e. The highest BCUT2D eigenvalue weighted by atomic mass is 16.5. The fourth-order valence-corrected chi connectivity index (χ4v) is 6.11. The third-order valence-electron chi connectivity index (χ3n) is 7.95. The van der Waals surface area contributed by atoms with Crippen molar-refractivity contribution in [2.45, 2.75) is 45.6 Å². The summed E-state index contributed by atoms with van der Waals surface area (Å²) in [6.45, 7) is 3.44. The standard InChI is InChI=1S/C28H30N2O5/c1-16-8-11-21(12-17(16)2)29-23(31)15-35-28(34)22(13-18-6-4-3-5-7-18)30-26(32)24-19-9-10-20(14-19)25(24)27(30)33/h3-8,11-12,19-20,22,24-25H,9-10,13-15H2,1-2H3,(H,29,31)/t19-,20-,22+,24-,25+/m0/s1. The van der Waals surface area contributed by atoms with Gasteiger partial charge in [-0.05, 0) is 73.8 Å². The van der Waals surface area contributed by atoms with Gasteiger partial charge >= 0.3 is 5.97 Å². The molecule has 182 valence electrons. The van der Waals surface area contributed by atoms with Gasteiger partial charge in [-0.1, -0.05) is 36.4 Å². The molecule has 3 fully saturated rings. The summed E-state index contributed by atoms with van der Waals surface area (Å²) in [4.78, 5) is 53.6. The number of carbonyl (C=O) groups excluding carboxylic acids is 4. The van der Waals surface area contributed by atoms with Gasteiger partial charge in [0.15, 0.2) is 6.61 Å². The first-order valence-electron chi connectivity index (χ1n) is 12.3. The lowest BCUT2D eigenvalue weighted by Gasteiger charge is -2.26. The zero-order valence-electron chi connectivity index (χ0n) is 20.0. The summed E-state index contributed by atoms with van der Waals surface area (Å²) in [5, 5.41) is 2.73. The maximum Gasteiger partial charge on any atom is 0.330 e. The van der Waals surface area contributed by atoms with Crippen LogP contribution in [0, 0.1) is 37.5 Å². The van der Waals surface area contributed by atoms with Crippen LogP contribution in [0.15, 0.2) is 48.5 Å². The van der Waals surface area contributed by atoms with E-state index in [1.165, 1.54) is 0 Å². The van der Waals surface area contributed by atoms with Crippen LogP contribution in [0.2, 0.25) is 0 Å². The number of benzene rings is 2. The average molecular weight is 475 g/mol. The molecule has 1 N–H and O–H groups in total. The number of likely N-dealkylation sites (tertiary alicyclic amines) is 1. The summed E-state index contributed by atoms with van der Waals surface area (Å²) in [7, 11) is 0. The minimum absolute atomic E-state index is 0.157. The van der Waals surface area contributed by atoms with Gasteiger partial charge in [-0.15, -0.1) is 0 Å². The molecule has 1 saturated heterocycles. The van der Waals surface area contributed by atoms with Crippen LogP contribution in [0.1, 0.15) is 36.0 Å². The normalized spacial score (nSPS) is 25.5. The molecule has 3 amide bonds. The van der Waals surface area contributed by atoms with E-state index in [0.29, 0.717) is 5.69 Å². The van der Waals surface area contributed by atoms with Crippen LogP contribution in [0.4, 0.5) is 5.69 Å². The Morgan fingerprint density at radius 3 is 2.26 bits per heavy atom. The van der Waals surface area contributed by atoms with Crippen molar-refractivity contribution in [1.82, 2.24) is 4.90 Å². The van der Waals surface area contributed by atoms with E-state index in [-0.39, 0.29) is 41.9 Å². The molecule has 7 nitrogen and oxygen atoms in total. The van der Waals surface area contributed by atoms with Crippen LogP contribution in [0.25, 0.3) is 0 Å². The van der Waals surface area contributed by atoms with Gasteiger partial charge in [0, 0.05) is 12.1 Å². The molecule has 2 aromatic carbocycles. The first-order chi connectivity index (χ1) is 16.8. The Morgan fingerprint density at radius 2 is 1.63 bits per heavy atom. The highest BCUT2D eigenvalue weighted by Gasteiger charge is 2.62. The third-order valence-corrected chi connectivity index (χ3v) is 7.95. The molecule has 0 radical (unpaired) electrons. The molecular weight excluding hydrogens is 444 g/mol. The Balaban J connectivity index is 1.31. The second-order valence-corrected chi connectivity index (χ2v) is 10.1. The predicted molar refractivity (Wildman–Crippen MR) is 129 cm³/mol. The average Bonchev–Trinajstić information content (AvgIpc) is 3.53. The molecule has 0 unspecified atom stereocenters. The Hall–Kier alpha value is -3.48. The lowest BCUT2D eigenvalue weighted by Crippen LogP contribution is -2.48. The third kappa shape index (κ3) is 4.35. The van der Waals surface area contributed by atoms with E-state index in [1.54, 1.807) is 6.07 Å². The first kappa shape index (κ1) is 23.3. The van der Waals surface area contributed by atoms with Crippen LogP contribution in [-0.2, 0) is 30.3 Å². The Kier molecular flexibility index (Phi) is 6.17. The molecule has 1 aliphatic heterocycles. The number of amides is 3. The van der Waals surface area contributed by atoms with Crippen molar-refractivity contribution >= 4 is 29.4 Å². The van der Waals surface area contributed by atoms with Gasteiger partial charge in [0.05, 0.1) is 11.8 Å². The Labute approximate surface area is 204 Å². The molecule has 5 rings (SSSR count). The van der Waals surface area contributed by atoms with Crippen LogP contribution < -0.4 is 5.32 Å². The molecule has 35 heavy (non-hydrogen) atoms. The maximum atomic E-state index is 13.4. The van der Waals surface area contributed by atoms with Gasteiger partial charge in [-0.2, -0.15) is 0 Å². The van der Waals surface area contributed by atoms with Crippen LogP contribution in [-0.4, -0.2) is 41.2 Å². The first-order valence-corrected chi connectivity index (χ1v) is 12.3. The highest BCUT2D eigenvalue weighted by Crippen LogP contribution is 2.56. The van der Waals surface area contributed by atoms with Crippen molar-refractivity contribution in [3.05, 3.63) is 65.2 Å². The van der Waals surface area contributed by atoms with Gasteiger partial charge in [-0.3, -0.25) is 19.3 Å². The summed E-state index contributed by atoms with van der Waals surface area (Å²) >= 11 is 0. The number of esters is 1. The van der Waals surface area contributed by atoms with E-state index < -0.39 is 24.5 Å². The number of carbonyl (C=O) groups is 4. The van der Waals surface area contributed by atoms with E-state index in [2.05, 4.69) is 5.32 Å². The van der Waals surface area contributed by atoms with Gasteiger partial charge in [-0.25, -0.2) is 4.79 Å². The van der Waals surface area contributed by atoms with Gasteiger partial charge in [0.25, 0.3) is 5.91 Å². The van der Waals surface area contributed by atoms with Gasteiger partial charge < -0.3 is 10.1 Å². The predicted octanol–water partition coefficient (Wildman–Crippen LogP) is 3.43. The molecule has 0 aromatic heterocycles. The van der Waals surface area contributed by atoms with Crippen LogP contribution in [0.3, 0.4) is 0 Å². The van der Waals surface area contributed by atoms with E-state index in [1.807, 2.05) is 56.3 Å². The Bertz CT molecular complexity index is 1150. The van der Waals surface area contributed by atoms with Crippen molar-refractivity contribution in [2.75, 3.05) is 11.9 Å². The fourth-order valence-electron chi connectivity index (χ4n) is 6.11. The number of imide groups is 1. The van der Waals surface area contributed by atoms with E-state index in [9.17, 15) is 19.2 Å². The molecule has 2 aliphatic carbocycles. The number of nitrogens with one attached hydrogen (secondary N) is 1. The molecule has 7 heteroatoms. The zero-order chi connectivity index (χ0) is 24.7. The minimum Gasteiger partial charge on any atom is -0.454 e. The van der Waals surface area contributed by atoms with E-state index in [0.717, 1.165) is 40.9 Å².